The highest BCUT2D eigenvalue weighted by Gasteiger charge is 2.60. The summed E-state index contributed by atoms with van der Waals surface area (Å²) >= 11 is 0. The third-order valence-corrected chi connectivity index (χ3v) is 7.81. The largest absolute Gasteiger partial charge is 0.393 e. The summed E-state index contributed by atoms with van der Waals surface area (Å²) in [7, 11) is 0. The van der Waals surface area contributed by atoms with Gasteiger partial charge in [0.15, 0.2) is 0 Å². The van der Waals surface area contributed by atoms with Gasteiger partial charge in [-0.1, -0.05) is 25.5 Å². The maximum absolute atomic E-state index is 12.4. The fraction of sp³-hybridized carbons (Fsp3) is 0.842. The molecule has 3 fully saturated rings. The van der Waals surface area contributed by atoms with Gasteiger partial charge in [0.25, 0.3) is 0 Å². The minimum absolute atomic E-state index is 0.121. The van der Waals surface area contributed by atoms with Crippen LogP contribution in [0, 0.1) is 28.6 Å². The van der Waals surface area contributed by atoms with Crippen molar-refractivity contribution in [3.8, 4) is 0 Å². The first kappa shape index (κ1) is 14.9. The zero-order valence-corrected chi connectivity index (χ0v) is 13.7. The molecule has 3 heteroatoms. The van der Waals surface area contributed by atoms with Crippen molar-refractivity contribution < 1.29 is 15.0 Å². The number of ketones is 1. The Bertz CT molecular complexity index is 539. The molecule has 4 aliphatic carbocycles. The van der Waals surface area contributed by atoms with Crippen LogP contribution in [-0.4, -0.2) is 28.2 Å². The number of aliphatic hydroxyl groups is 2. The van der Waals surface area contributed by atoms with Gasteiger partial charge >= 0.3 is 0 Å². The van der Waals surface area contributed by atoms with Crippen LogP contribution in [0.3, 0.4) is 0 Å². The van der Waals surface area contributed by atoms with Gasteiger partial charge in [0.2, 0.25) is 0 Å². The average molecular weight is 304 g/mol. The molecule has 0 aromatic carbocycles. The van der Waals surface area contributed by atoms with Crippen LogP contribution in [0.25, 0.3) is 0 Å². The Morgan fingerprint density at radius 3 is 2.50 bits per heavy atom. The van der Waals surface area contributed by atoms with E-state index in [4.69, 9.17) is 0 Å². The lowest BCUT2D eigenvalue weighted by Gasteiger charge is -2.58. The predicted octanol–water partition coefficient (Wildman–Crippen LogP) is 2.85. The fourth-order valence-electron chi connectivity index (χ4n) is 6.40. The Morgan fingerprint density at radius 1 is 1.05 bits per heavy atom. The lowest BCUT2D eigenvalue weighted by Crippen LogP contribution is -2.54. The van der Waals surface area contributed by atoms with E-state index < -0.39 is 6.10 Å². The molecule has 0 unspecified atom stereocenters. The number of rotatable bonds is 0. The number of carbonyl (C=O) groups excluding carboxylic acids is 1. The van der Waals surface area contributed by atoms with Crippen molar-refractivity contribution in [2.45, 2.75) is 71.0 Å². The molecular formula is C19H28O3. The molecular weight excluding hydrogens is 276 g/mol. The highest BCUT2D eigenvalue weighted by atomic mass is 16.3. The van der Waals surface area contributed by atoms with E-state index in [1.165, 1.54) is 5.57 Å². The van der Waals surface area contributed by atoms with E-state index in [1.807, 2.05) is 6.08 Å². The maximum Gasteiger partial charge on any atom is 0.139 e. The SMILES string of the molecule is C[C@@]12CC[C@H]3[C@@H]([C@@H](O)C=C4C[C@H](O)CC[C@]43C)[C@@H]1CCC2=O. The summed E-state index contributed by atoms with van der Waals surface area (Å²) in [6.45, 7) is 4.48. The van der Waals surface area contributed by atoms with Gasteiger partial charge in [-0.3, -0.25) is 4.79 Å². The van der Waals surface area contributed by atoms with Crippen LogP contribution in [-0.2, 0) is 4.79 Å². The lowest BCUT2D eigenvalue weighted by atomic mass is 9.47. The molecule has 0 amide bonds. The molecule has 4 rings (SSSR count). The smallest absolute Gasteiger partial charge is 0.139 e. The van der Waals surface area contributed by atoms with Crippen LogP contribution in [0.4, 0.5) is 0 Å². The molecule has 0 heterocycles. The highest BCUT2D eigenvalue weighted by Crippen LogP contribution is 2.63. The number of Topliss-reactive ketones (excluding diaryl/α,β-unsaturated/α-hetero) is 1. The van der Waals surface area contributed by atoms with Gasteiger partial charge in [0.05, 0.1) is 12.2 Å². The summed E-state index contributed by atoms with van der Waals surface area (Å²) in [5, 5.41) is 20.8. The van der Waals surface area contributed by atoms with Gasteiger partial charge in [-0.15, -0.1) is 0 Å². The summed E-state index contributed by atoms with van der Waals surface area (Å²) in [6.07, 6.45) is 7.65. The van der Waals surface area contributed by atoms with E-state index in [2.05, 4.69) is 13.8 Å². The van der Waals surface area contributed by atoms with E-state index in [0.29, 0.717) is 24.0 Å². The second kappa shape index (κ2) is 4.67. The van der Waals surface area contributed by atoms with Crippen LogP contribution in [0.5, 0.6) is 0 Å². The number of hydrogen-bond acceptors (Lipinski definition) is 3. The van der Waals surface area contributed by atoms with Crippen molar-refractivity contribution in [3.05, 3.63) is 11.6 Å². The Hall–Kier alpha value is -0.670. The summed E-state index contributed by atoms with van der Waals surface area (Å²) in [4.78, 5) is 12.4. The summed E-state index contributed by atoms with van der Waals surface area (Å²) in [6, 6.07) is 0. The molecule has 0 saturated heterocycles. The topological polar surface area (TPSA) is 57.5 Å². The van der Waals surface area contributed by atoms with E-state index in [1.54, 1.807) is 0 Å². The minimum Gasteiger partial charge on any atom is -0.393 e. The monoisotopic (exact) mass is 304 g/mol. The van der Waals surface area contributed by atoms with E-state index >= 15 is 0 Å². The molecule has 3 saturated carbocycles. The lowest BCUT2D eigenvalue weighted by molar-refractivity contribution is -0.135. The number of fused-ring (bicyclic) bond motifs is 5. The normalized spacial score (nSPS) is 54.3. The quantitative estimate of drug-likeness (QED) is 0.677. The molecule has 0 bridgehead atoms. The third-order valence-electron chi connectivity index (χ3n) is 7.81. The molecule has 3 nitrogen and oxygen atoms in total. The van der Waals surface area contributed by atoms with Gasteiger partial charge in [-0.25, -0.2) is 0 Å². The van der Waals surface area contributed by atoms with Crippen molar-refractivity contribution in [1.29, 1.82) is 0 Å². The van der Waals surface area contributed by atoms with Crippen molar-refractivity contribution in [3.63, 3.8) is 0 Å². The van der Waals surface area contributed by atoms with E-state index in [-0.39, 0.29) is 22.9 Å². The van der Waals surface area contributed by atoms with Crippen LogP contribution < -0.4 is 0 Å². The predicted molar refractivity (Wildman–Crippen MR) is 84.1 cm³/mol. The van der Waals surface area contributed by atoms with E-state index in [0.717, 1.165) is 38.5 Å². The van der Waals surface area contributed by atoms with Crippen LogP contribution in [0.2, 0.25) is 0 Å². The molecule has 2 N–H and O–H groups in total. The number of hydrogen-bond donors (Lipinski definition) is 2. The number of carbonyl (C=O) groups is 1. The molecule has 122 valence electrons. The fourth-order valence-corrected chi connectivity index (χ4v) is 6.40. The van der Waals surface area contributed by atoms with Gasteiger partial charge in [-0.05, 0) is 61.7 Å². The summed E-state index contributed by atoms with van der Waals surface area (Å²) in [5.74, 6) is 1.46. The highest BCUT2D eigenvalue weighted by molar-refractivity contribution is 5.87. The van der Waals surface area contributed by atoms with Gasteiger partial charge in [0.1, 0.15) is 5.78 Å². The Balaban J connectivity index is 1.75. The molecule has 7 atom stereocenters. The first-order valence-electron chi connectivity index (χ1n) is 8.97. The van der Waals surface area contributed by atoms with Gasteiger partial charge in [-0.2, -0.15) is 0 Å². The third kappa shape index (κ3) is 1.78. The number of aliphatic hydroxyl groups excluding tert-OH is 2. The van der Waals surface area contributed by atoms with Crippen molar-refractivity contribution in [2.75, 3.05) is 0 Å². The van der Waals surface area contributed by atoms with Crippen molar-refractivity contribution in [1.82, 2.24) is 0 Å². The second-order valence-electron chi connectivity index (χ2n) is 8.70. The molecule has 0 spiro atoms. The molecule has 22 heavy (non-hydrogen) atoms. The summed E-state index contributed by atoms with van der Waals surface area (Å²) in [5.41, 5.74) is 1.20. The van der Waals surface area contributed by atoms with Crippen LogP contribution >= 0.6 is 0 Å². The molecule has 0 aromatic heterocycles. The molecule has 0 radical (unpaired) electrons. The van der Waals surface area contributed by atoms with Crippen molar-refractivity contribution in [2.24, 2.45) is 28.6 Å². The first-order valence-corrected chi connectivity index (χ1v) is 8.97. The second-order valence-corrected chi connectivity index (χ2v) is 8.70. The maximum atomic E-state index is 12.4. The van der Waals surface area contributed by atoms with Gasteiger partial charge in [0, 0.05) is 11.8 Å². The molecule has 4 aliphatic rings. The summed E-state index contributed by atoms with van der Waals surface area (Å²) < 4.78 is 0. The minimum atomic E-state index is -0.436. The molecule has 0 aromatic rings. The zero-order valence-electron chi connectivity index (χ0n) is 13.7. The zero-order chi connectivity index (χ0) is 15.7. The van der Waals surface area contributed by atoms with E-state index in [9.17, 15) is 15.0 Å². The Morgan fingerprint density at radius 2 is 1.73 bits per heavy atom. The van der Waals surface area contributed by atoms with Crippen LogP contribution in [0.1, 0.15) is 58.8 Å². The Kier molecular flexibility index (Phi) is 3.16. The molecule has 0 aliphatic heterocycles. The first-order chi connectivity index (χ1) is 10.4. The van der Waals surface area contributed by atoms with Gasteiger partial charge < -0.3 is 10.2 Å². The van der Waals surface area contributed by atoms with Crippen LogP contribution in [0.15, 0.2) is 11.6 Å². The van der Waals surface area contributed by atoms with Crippen molar-refractivity contribution >= 4 is 5.78 Å². The average Bonchev–Trinajstić information content (AvgIpc) is 2.77. The Labute approximate surface area is 132 Å². The standard InChI is InChI=1S/C19H28O3/c1-18-7-5-12(20)9-11(18)10-15(21)17-13-3-4-16(22)19(13,2)8-6-14(17)18/h10,12-15,17,20-21H,3-9H2,1-2H3/t12-,13+,14+,15+,17+,18-,19-/m1/s1.